The molecule has 1 aliphatic carbocycles. The molecule has 1 aliphatic heterocycles. The van der Waals surface area contributed by atoms with Gasteiger partial charge in [0.2, 0.25) is 10.0 Å². The van der Waals surface area contributed by atoms with Crippen molar-refractivity contribution in [2.45, 2.75) is 64.4 Å². The number of piperidine rings is 1. The van der Waals surface area contributed by atoms with Gasteiger partial charge < -0.3 is 9.72 Å². The summed E-state index contributed by atoms with van der Waals surface area (Å²) in [4.78, 5) is 12.2. The average molecular weight is 485 g/mol. The second-order valence-electron chi connectivity index (χ2n) is 10.5. The third kappa shape index (κ3) is 4.99. The van der Waals surface area contributed by atoms with Gasteiger partial charge in [0.15, 0.2) is 0 Å². The molecule has 1 atom stereocenters. The molecule has 1 saturated carbocycles. The number of nitrogens with zero attached hydrogens (tertiary/aromatic N) is 3. The van der Waals surface area contributed by atoms with E-state index >= 15 is 0 Å². The van der Waals surface area contributed by atoms with Crippen molar-refractivity contribution in [3.63, 3.8) is 0 Å². The summed E-state index contributed by atoms with van der Waals surface area (Å²) < 4.78 is 34.1. The molecule has 2 fully saturated rings. The fourth-order valence-corrected chi connectivity index (χ4v) is 7.63. The summed E-state index contributed by atoms with van der Waals surface area (Å²) >= 11 is 0. The Morgan fingerprint density at radius 3 is 2.76 bits per heavy atom. The van der Waals surface area contributed by atoms with E-state index in [1.165, 1.54) is 10.9 Å². The molecular formula is C26H36N4O3S. The van der Waals surface area contributed by atoms with E-state index in [1.54, 1.807) is 4.31 Å². The molecule has 0 aromatic carbocycles. The minimum Gasteiger partial charge on any atom is -0.377 e. The number of fused-ring (bicyclic) bond motifs is 3. The molecule has 3 aromatic rings. The van der Waals surface area contributed by atoms with Gasteiger partial charge in [-0.1, -0.05) is 13.8 Å². The third-order valence-electron chi connectivity index (χ3n) is 7.46. The van der Waals surface area contributed by atoms with E-state index < -0.39 is 10.0 Å². The number of aromatic nitrogens is 3. The van der Waals surface area contributed by atoms with Crippen LogP contribution >= 0.6 is 0 Å². The van der Waals surface area contributed by atoms with Gasteiger partial charge in [-0.3, -0.25) is 4.98 Å². The zero-order valence-electron chi connectivity index (χ0n) is 20.2. The Bertz CT molecular complexity index is 1230. The molecule has 1 N–H and O–H groups in total. The molecule has 8 heteroatoms. The van der Waals surface area contributed by atoms with Gasteiger partial charge in [-0.2, -0.15) is 4.31 Å². The molecule has 184 valence electrons. The summed E-state index contributed by atoms with van der Waals surface area (Å²) in [5.74, 6) is 1.37. The number of hydrogen-bond donors (Lipinski definition) is 1. The van der Waals surface area contributed by atoms with Crippen LogP contribution < -0.4 is 0 Å². The summed E-state index contributed by atoms with van der Waals surface area (Å²) in [5.41, 5.74) is 3.13. The molecule has 3 aromatic heterocycles. The highest BCUT2D eigenvalue weighted by atomic mass is 32.2. The third-order valence-corrected chi connectivity index (χ3v) is 9.47. The lowest BCUT2D eigenvalue weighted by atomic mass is 9.78. The maximum Gasteiger partial charge on any atom is 0.214 e. The monoisotopic (exact) mass is 484 g/mol. The number of aromatic amines is 1. The van der Waals surface area contributed by atoms with Crippen molar-refractivity contribution < 1.29 is 13.2 Å². The van der Waals surface area contributed by atoms with E-state index in [1.807, 2.05) is 18.6 Å². The first-order chi connectivity index (χ1) is 16.4. The lowest BCUT2D eigenvalue weighted by Crippen LogP contribution is -2.45. The van der Waals surface area contributed by atoms with Crippen LogP contribution in [0, 0.1) is 11.8 Å². The Labute approximate surface area is 202 Å². The first-order valence-corrected chi connectivity index (χ1v) is 14.3. The van der Waals surface area contributed by atoms with Gasteiger partial charge >= 0.3 is 0 Å². The van der Waals surface area contributed by atoms with Crippen LogP contribution in [0.25, 0.3) is 21.9 Å². The van der Waals surface area contributed by atoms with Crippen molar-refractivity contribution in [3.8, 4) is 0 Å². The first-order valence-electron chi connectivity index (χ1n) is 12.7. The molecule has 0 amide bonds. The fraction of sp³-hybridized carbons (Fsp3) is 0.615. The van der Waals surface area contributed by atoms with Gasteiger partial charge in [-0.25, -0.2) is 13.4 Å². The van der Waals surface area contributed by atoms with Gasteiger partial charge in [-0.15, -0.1) is 0 Å². The molecular weight excluding hydrogens is 448 g/mol. The fourth-order valence-electron chi connectivity index (χ4n) is 5.69. The molecule has 7 nitrogen and oxygen atoms in total. The Balaban J connectivity index is 1.23. The first kappa shape index (κ1) is 23.7. The molecule has 2 aliphatic rings. The topological polar surface area (TPSA) is 88.2 Å². The minimum atomic E-state index is -3.26. The lowest BCUT2D eigenvalue weighted by molar-refractivity contribution is 0.00547. The highest BCUT2D eigenvalue weighted by Gasteiger charge is 2.33. The van der Waals surface area contributed by atoms with Crippen LogP contribution in [0.15, 0.2) is 30.7 Å². The largest absolute Gasteiger partial charge is 0.377 e. The highest BCUT2D eigenvalue weighted by molar-refractivity contribution is 7.89. The standard InChI is InChI=1S/C26H36N4O3S/c1-18(2)16-33-21-4-3-13-30(15-21)34(31,32)17-19-5-7-20(8-6-19)22-9-11-27-24-14-29-26-23(25(22)24)10-12-28-26/h9-12,14,18-21H,3-8,13,15-17H2,1-2H3,(H,28,29). The van der Waals surface area contributed by atoms with E-state index in [9.17, 15) is 8.42 Å². The Kier molecular flexibility index (Phi) is 6.91. The molecule has 0 bridgehead atoms. The van der Waals surface area contributed by atoms with E-state index in [0.717, 1.165) is 55.1 Å². The number of hydrogen-bond acceptors (Lipinski definition) is 5. The summed E-state index contributed by atoms with van der Waals surface area (Å²) in [6.45, 7) is 6.08. The lowest BCUT2D eigenvalue weighted by Gasteiger charge is -2.34. The number of rotatable bonds is 7. The summed E-state index contributed by atoms with van der Waals surface area (Å²) in [6, 6.07) is 4.21. The molecule has 4 heterocycles. The molecule has 5 rings (SSSR count). The Morgan fingerprint density at radius 2 is 1.97 bits per heavy atom. The van der Waals surface area contributed by atoms with Gasteiger partial charge in [0.1, 0.15) is 5.65 Å². The van der Waals surface area contributed by atoms with Crippen LogP contribution in [0.4, 0.5) is 0 Å². The second-order valence-corrected chi connectivity index (χ2v) is 12.5. The summed E-state index contributed by atoms with van der Waals surface area (Å²) in [5, 5.41) is 2.30. The maximum atomic E-state index is 13.2. The van der Waals surface area contributed by atoms with Gasteiger partial charge in [0, 0.05) is 42.9 Å². The van der Waals surface area contributed by atoms with Crippen LogP contribution in [0.5, 0.6) is 0 Å². The van der Waals surface area contributed by atoms with E-state index in [2.05, 4.69) is 40.9 Å². The summed E-state index contributed by atoms with van der Waals surface area (Å²) in [6.07, 6.45) is 11.4. The number of nitrogens with one attached hydrogen (secondary N) is 1. The zero-order valence-corrected chi connectivity index (χ0v) is 21.1. The molecule has 1 unspecified atom stereocenters. The molecule has 0 spiro atoms. The predicted octanol–water partition coefficient (Wildman–Crippen LogP) is 4.85. The average Bonchev–Trinajstić information content (AvgIpc) is 3.32. The van der Waals surface area contributed by atoms with Crippen molar-refractivity contribution in [2.24, 2.45) is 11.8 Å². The minimum absolute atomic E-state index is 0.0291. The van der Waals surface area contributed by atoms with Gasteiger partial charge in [0.05, 0.1) is 23.6 Å². The van der Waals surface area contributed by atoms with Crippen LogP contribution in [0.3, 0.4) is 0 Å². The molecule has 0 radical (unpaired) electrons. The second kappa shape index (κ2) is 9.91. The van der Waals surface area contributed by atoms with Crippen LogP contribution in [-0.2, 0) is 14.8 Å². The normalized spacial score (nSPS) is 24.9. The van der Waals surface area contributed by atoms with E-state index in [0.29, 0.717) is 31.5 Å². The van der Waals surface area contributed by atoms with Crippen LogP contribution in [0.2, 0.25) is 0 Å². The smallest absolute Gasteiger partial charge is 0.214 e. The van der Waals surface area contributed by atoms with Crippen molar-refractivity contribution in [1.82, 2.24) is 19.3 Å². The van der Waals surface area contributed by atoms with Crippen LogP contribution in [0.1, 0.15) is 63.9 Å². The number of ether oxygens (including phenoxy) is 1. The van der Waals surface area contributed by atoms with E-state index in [4.69, 9.17) is 4.74 Å². The van der Waals surface area contributed by atoms with Crippen molar-refractivity contribution >= 4 is 32.0 Å². The quantitative estimate of drug-likeness (QED) is 0.518. The maximum absolute atomic E-state index is 13.2. The number of pyridine rings is 2. The Hall–Kier alpha value is -2.03. The Morgan fingerprint density at radius 1 is 1.15 bits per heavy atom. The SMILES string of the molecule is CC(C)COC1CCCN(S(=O)(=O)CC2CCC(c3ccnc4cnc5[nH]ccc5c34)CC2)C1. The van der Waals surface area contributed by atoms with Crippen molar-refractivity contribution in [1.29, 1.82) is 0 Å². The van der Waals surface area contributed by atoms with Crippen molar-refractivity contribution in [2.75, 3.05) is 25.4 Å². The van der Waals surface area contributed by atoms with Gasteiger partial charge in [-0.05, 0) is 74.0 Å². The number of sulfonamides is 1. The predicted molar refractivity (Wildman–Crippen MR) is 135 cm³/mol. The zero-order chi connectivity index (χ0) is 23.7. The van der Waals surface area contributed by atoms with Gasteiger partial charge in [0.25, 0.3) is 0 Å². The van der Waals surface area contributed by atoms with Crippen molar-refractivity contribution in [3.05, 3.63) is 36.3 Å². The number of H-pyrrole nitrogens is 1. The molecule has 34 heavy (non-hydrogen) atoms. The summed E-state index contributed by atoms with van der Waals surface area (Å²) in [7, 11) is -3.26. The highest BCUT2D eigenvalue weighted by Crippen LogP contribution is 2.40. The molecule has 1 saturated heterocycles. The van der Waals surface area contributed by atoms with Crippen LogP contribution in [-0.4, -0.2) is 59.2 Å². The van der Waals surface area contributed by atoms with E-state index in [-0.39, 0.29) is 17.8 Å².